The van der Waals surface area contributed by atoms with Gasteiger partial charge in [0, 0.05) is 19.5 Å². The second-order valence-electron chi connectivity index (χ2n) is 4.72. The van der Waals surface area contributed by atoms with Crippen LogP contribution in [0.5, 0.6) is 0 Å². The Balaban J connectivity index is 1.81. The van der Waals surface area contributed by atoms with Gasteiger partial charge in [-0.05, 0) is 31.1 Å². The van der Waals surface area contributed by atoms with Crippen molar-refractivity contribution in [2.24, 2.45) is 7.05 Å². The zero-order chi connectivity index (χ0) is 13.9. The molecule has 1 atom stereocenters. The first-order valence-electron chi connectivity index (χ1n) is 6.49. The van der Waals surface area contributed by atoms with Crippen LogP contribution in [0.1, 0.15) is 24.6 Å². The molecule has 0 aromatic carbocycles. The van der Waals surface area contributed by atoms with Crippen molar-refractivity contribution in [2.45, 2.75) is 28.9 Å². The molecule has 0 saturated carbocycles. The molecule has 0 spiro atoms. The Morgan fingerprint density at radius 1 is 1.45 bits per heavy atom. The molecule has 6 nitrogen and oxygen atoms in total. The van der Waals surface area contributed by atoms with E-state index in [4.69, 9.17) is 11.6 Å². The third-order valence-corrected chi connectivity index (χ3v) is 4.80. The highest BCUT2D eigenvalue weighted by Gasteiger charge is 2.22. The summed E-state index contributed by atoms with van der Waals surface area (Å²) in [6.07, 6.45) is 5.39. The highest BCUT2D eigenvalue weighted by atomic mass is 35.5. The smallest absolute Gasteiger partial charge is 0.197 e. The lowest BCUT2D eigenvalue weighted by Gasteiger charge is -2.21. The Labute approximate surface area is 126 Å². The van der Waals surface area contributed by atoms with Crippen LogP contribution in [0.4, 0.5) is 0 Å². The largest absolute Gasteiger partial charge is 0.316 e. The number of hydrogen-bond acceptors (Lipinski definition) is 6. The first-order valence-corrected chi connectivity index (χ1v) is 7.68. The number of nitrogens with zero attached hydrogens (tertiary/aromatic N) is 5. The summed E-state index contributed by atoms with van der Waals surface area (Å²) in [6, 6.07) is 0. The average molecular weight is 311 g/mol. The van der Waals surface area contributed by atoms with Crippen LogP contribution in [-0.4, -0.2) is 37.8 Å². The van der Waals surface area contributed by atoms with Gasteiger partial charge >= 0.3 is 0 Å². The lowest BCUT2D eigenvalue weighted by molar-refractivity contribution is 0.436. The van der Waals surface area contributed by atoms with Gasteiger partial charge in [-0.25, -0.2) is 9.97 Å². The van der Waals surface area contributed by atoms with Crippen LogP contribution in [0.3, 0.4) is 0 Å². The standard InChI is InChI=1S/C12H15ClN6S/c1-19-10(8-3-2-4-14-5-8)17-18-12(19)20-11-9(13)6-15-7-16-11/h6-8,14H,2-5H2,1H3. The summed E-state index contributed by atoms with van der Waals surface area (Å²) >= 11 is 7.48. The Morgan fingerprint density at radius 2 is 2.35 bits per heavy atom. The lowest BCUT2D eigenvalue weighted by atomic mass is 9.99. The van der Waals surface area contributed by atoms with Gasteiger partial charge in [0.15, 0.2) is 5.16 Å². The van der Waals surface area contributed by atoms with Crippen molar-refractivity contribution in [2.75, 3.05) is 13.1 Å². The molecule has 0 bridgehead atoms. The molecule has 1 N–H and O–H groups in total. The Kier molecular flexibility index (Phi) is 4.18. The van der Waals surface area contributed by atoms with Crippen molar-refractivity contribution in [1.29, 1.82) is 0 Å². The van der Waals surface area contributed by atoms with Gasteiger partial charge < -0.3 is 9.88 Å². The second kappa shape index (κ2) is 6.07. The summed E-state index contributed by atoms with van der Waals surface area (Å²) in [5.74, 6) is 1.45. The highest BCUT2D eigenvalue weighted by molar-refractivity contribution is 7.99. The van der Waals surface area contributed by atoms with Crippen LogP contribution in [-0.2, 0) is 7.05 Å². The zero-order valence-electron chi connectivity index (χ0n) is 11.1. The minimum Gasteiger partial charge on any atom is -0.316 e. The van der Waals surface area contributed by atoms with Gasteiger partial charge in [0.1, 0.15) is 17.2 Å². The van der Waals surface area contributed by atoms with Crippen molar-refractivity contribution in [3.8, 4) is 0 Å². The number of nitrogens with one attached hydrogen (secondary N) is 1. The average Bonchev–Trinajstić information content (AvgIpc) is 2.84. The maximum atomic E-state index is 6.07. The van der Waals surface area contributed by atoms with Gasteiger partial charge in [-0.1, -0.05) is 11.6 Å². The normalized spacial score (nSPS) is 19.2. The molecule has 20 heavy (non-hydrogen) atoms. The van der Waals surface area contributed by atoms with Crippen LogP contribution >= 0.6 is 23.4 Å². The molecular formula is C12H15ClN6S. The molecule has 2 aromatic heterocycles. The van der Waals surface area contributed by atoms with Crippen LogP contribution in [0.2, 0.25) is 5.02 Å². The molecule has 0 radical (unpaired) electrons. The molecule has 1 saturated heterocycles. The van der Waals surface area contributed by atoms with Gasteiger partial charge in [-0.15, -0.1) is 10.2 Å². The summed E-state index contributed by atoms with van der Waals surface area (Å²) < 4.78 is 2.03. The van der Waals surface area contributed by atoms with Crippen LogP contribution < -0.4 is 5.32 Å². The van der Waals surface area contributed by atoms with Gasteiger partial charge in [-0.3, -0.25) is 0 Å². The number of aromatic nitrogens is 5. The molecular weight excluding hydrogens is 296 g/mol. The van der Waals surface area contributed by atoms with E-state index in [-0.39, 0.29) is 0 Å². The van der Waals surface area contributed by atoms with Crippen molar-refractivity contribution >= 4 is 23.4 Å². The van der Waals surface area contributed by atoms with Crippen LogP contribution in [0.25, 0.3) is 0 Å². The first-order chi connectivity index (χ1) is 9.75. The lowest BCUT2D eigenvalue weighted by Crippen LogP contribution is -2.29. The van der Waals surface area contributed by atoms with E-state index in [0.717, 1.165) is 30.5 Å². The van der Waals surface area contributed by atoms with Gasteiger partial charge in [0.25, 0.3) is 0 Å². The second-order valence-corrected chi connectivity index (χ2v) is 6.08. The molecule has 1 unspecified atom stereocenters. The van der Waals surface area contributed by atoms with E-state index in [9.17, 15) is 0 Å². The third-order valence-electron chi connectivity index (χ3n) is 3.35. The van der Waals surface area contributed by atoms with E-state index in [2.05, 4.69) is 25.5 Å². The topological polar surface area (TPSA) is 68.5 Å². The van der Waals surface area contributed by atoms with E-state index in [1.807, 2.05) is 11.6 Å². The van der Waals surface area contributed by atoms with Crippen molar-refractivity contribution in [3.63, 3.8) is 0 Å². The monoisotopic (exact) mass is 310 g/mol. The van der Waals surface area contributed by atoms with Gasteiger partial charge in [0.05, 0.1) is 11.2 Å². The fourth-order valence-corrected chi connectivity index (χ4v) is 3.26. The minimum absolute atomic E-state index is 0.427. The van der Waals surface area contributed by atoms with Crippen LogP contribution in [0.15, 0.2) is 22.7 Å². The number of hydrogen-bond donors (Lipinski definition) is 1. The maximum Gasteiger partial charge on any atom is 0.197 e. The van der Waals surface area contributed by atoms with E-state index >= 15 is 0 Å². The predicted octanol–water partition coefficient (Wildman–Crippen LogP) is 1.88. The van der Waals surface area contributed by atoms with E-state index in [1.54, 1.807) is 6.20 Å². The molecule has 8 heteroatoms. The SMILES string of the molecule is Cn1c(Sc2ncncc2Cl)nnc1C1CCCNC1. The molecule has 1 fully saturated rings. The van der Waals surface area contributed by atoms with Crippen LogP contribution in [0, 0.1) is 0 Å². The molecule has 2 aromatic rings. The number of piperidine rings is 1. The summed E-state index contributed by atoms with van der Waals surface area (Å²) in [5.41, 5.74) is 0. The summed E-state index contributed by atoms with van der Waals surface area (Å²) in [5, 5.41) is 14.0. The Morgan fingerprint density at radius 3 is 3.10 bits per heavy atom. The Hall–Kier alpha value is -1.18. The minimum atomic E-state index is 0.427. The van der Waals surface area contributed by atoms with Gasteiger partial charge in [-0.2, -0.15) is 0 Å². The zero-order valence-corrected chi connectivity index (χ0v) is 12.7. The predicted molar refractivity (Wildman–Crippen MR) is 77.0 cm³/mol. The van der Waals surface area contributed by atoms with E-state index < -0.39 is 0 Å². The molecule has 1 aliphatic heterocycles. The molecule has 0 aliphatic carbocycles. The first kappa shape index (κ1) is 13.8. The van der Waals surface area contributed by atoms with Crippen molar-refractivity contribution in [3.05, 3.63) is 23.4 Å². The maximum absolute atomic E-state index is 6.07. The fraction of sp³-hybridized carbons (Fsp3) is 0.500. The van der Waals surface area contributed by atoms with Gasteiger partial charge in [0.2, 0.25) is 0 Å². The number of halogens is 1. The summed E-state index contributed by atoms with van der Waals surface area (Å²) in [7, 11) is 1.99. The molecule has 1 aliphatic rings. The highest BCUT2D eigenvalue weighted by Crippen LogP contribution is 2.31. The van der Waals surface area contributed by atoms with E-state index in [0.29, 0.717) is 16.0 Å². The summed E-state index contributed by atoms with van der Waals surface area (Å²) in [6.45, 7) is 2.05. The molecule has 0 amide bonds. The van der Waals surface area contributed by atoms with E-state index in [1.165, 1.54) is 24.5 Å². The van der Waals surface area contributed by atoms with Crippen molar-refractivity contribution in [1.82, 2.24) is 30.0 Å². The fourth-order valence-electron chi connectivity index (χ4n) is 2.31. The molecule has 106 valence electrons. The molecule has 3 heterocycles. The Bertz CT molecular complexity index is 595. The molecule has 3 rings (SSSR count). The number of rotatable bonds is 3. The van der Waals surface area contributed by atoms with Crippen molar-refractivity contribution < 1.29 is 0 Å². The quantitative estimate of drug-likeness (QED) is 0.873. The summed E-state index contributed by atoms with van der Waals surface area (Å²) in [4.78, 5) is 8.04. The third kappa shape index (κ3) is 2.79.